The highest BCUT2D eigenvalue weighted by atomic mass is 19.1. The Morgan fingerprint density at radius 3 is 2.59 bits per heavy atom. The molecular formula is C24H25FN4O5. The van der Waals surface area contributed by atoms with Gasteiger partial charge in [0.25, 0.3) is 0 Å². The van der Waals surface area contributed by atoms with Crippen molar-refractivity contribution in [1.29, 1.82) is 0 Å². The van der Waals surface area contributed by atoms with Crippen LogP contribution in [0.15, 0.2) is 53.7 Å². The molecule has 0 atom stereocenters. The number of fused-ring (bicyclic) bond motifs is 1. The second kappa shape index (κ2) is 10.9. The number of aromatic nitrogens is 2. The van der Waals surface area contributed by atoms with Gasteiger partial charge in [-0.2, -0.15) is 0 Å². The van der Waals surface area contributed by atoms with E-state index in [1.165, 1.54) is 12.1 Å². The number of benzene rings is 2. The van der Waals surface area contributed by atoms with Crippen molar-refractivity contribution >= 4 is 28.6 Å². The number of hydrogen-bond donors (Lipinski definition) is 0. The van der Waals surface area contributed by atoms with E-state index in [1.54, 1.807) is 34.6 Å². The van der Waals surface area contributed by atoms with Gasteiger partial charge in [0.1, 0.15) is 19.0 Å². The minimum atomic E-state index is -0.725. The van der Waals surface area contributed by atoms with Gasteiger partial charge in [0, 0.05) is 13.1 Å². The minimum absolute atomic E-state index is 0.0100. The molecule has 1 amide bonds. The van der Waals surface area contributed by atoms with Gasteiger partial charge >= 0.3 is 5.97 Å². The summed E-state index contributed by atoms with van der Waals surface area (Å²) in [5, 5.41) is 4.03. The number of ether oxygens (including phenoxy) is 2. The van der Waals surface area contributed by atoms with Gasteiger partial charge < -0.3 is 23.8 Å². The Labute approximate surface area is 195 Å². The van der Waals surface area contributed by atoms with Crippen LogP contribution >= 0.6 is 0 Å². The molecule has 1 aliphatic heterocycles. The lowest BCUT2D eigenvalue weighted by Gasteiger charge is -2.27. The van der Waals surface area contributed by atoms with E-state index in [9.17, 15) is 14.0 Å². The molecular weight excluding hydrogens is 443 g/mol. The molecule has 0 aliphatic carbocycles. The Balaban J connectivity index is 1.67. The highest BCUT2D eigenvalue weighted by Gasteiger charge is 2.27. The van der Waals surface area contributed by atoms with Crippen LogP contribution in [0, 0.1) is 5.82 Å². The normalized spacial score (nSPS) is 14.3. The van der Waals surface area contributed by atoms with Crippen LogP contribution in [0.3, 0.4) is 0 Å². The zero-order chi connectivity index (χ0) is 23.9. The summed E-state index contributed by atoms with van der Waals surface area (Å²) in [5.41, 5.74) is 1.79. The van der Waals surface area contributed by atoms with E-state index in [0.717, 1.165) is 0 Å². The molecule has 1 saturated heterocycles. The predicted molar refractivity (Wildman–Crippen MR) is 121 cm³/mol. The highest BCUT2D eigenvalue weighted by molar-refractivity contribution is 6.42. The number of oxime groups is 1. The zero-order valence-electron chi connectivity index (χ0n) is 18.8. The lowest BCUT2D eigenvalue weighted by molar-refractivity contribution is -0.136. The summed E-state index contributed by atoms with van der Waals surface area (Å²) < 4.78 is 25.3. The molecule has 10 heteroatoms. The summed E-state index contributed by atoms with van der Waals surface area (Å²) in [7, 11) is 0. The largest absolute Gasteiger partial charge is 0.461 e. The van der Waals surface area contributed by atoms with E-state index in [-0.39, 0.29) is 43.0 Å². The van der Waals surface area contributed by atoms with Crippen LogP contribution < -0.4 is 0 Å². The fourth-order valence-electron chi connectivity index (χ4n) is 3.59. The Kier molecular flexibility index (Phi) is 7.48. The van der Waals surface area contributed by atoms with Crippen molar-refractivity contribution < 1.29 is 28.3 Å². The second-order valence-electron chi connectivity index (χ2n) is 7.56. The Bertz CT molecular complexity index is 1190. The topological polar surface area (TPSA) is 95.2 Å². The van der Waals surface area contributed by atoms with Crippen LogP contribution in [0.25, 0.3) is 11.0 Å². The number of morpholine rings is 1. The molecule has 1 aromatic heterocycles. The van der Waals surface area contributed by atoms with Gasteiger partial charge in [0.05, 0.1) is 30.9 Å². The monoisotopic (exact) mass is 468 g/mol. The minimum Gasteiger partial charge on any atom is -0.461 e. The molecule has 34 heavy (non-hydrogen) atoms. The molecule has 178 valence electrons. The lowest BCUT2D eigenvalue weighted by atomic mass is 10.2. The second-order valence-corrected chi connectivity index (χ2v) is 7.56. The van der Waals surface area contributed by atoms with Crippen molar-refractivity contribution in [1.82, 2.24) is 14.5 Å². The average Bonchev–Trinajstić information content (AvgIpc) is 3.21. The smallest absolute Gasteiger partial charge is 0.364 e. The van der Waals surface area contributed by atoms with Gasteiger partial charge in [0.15, 0.2) is 5.82 Å². The van der Waals surface area contributed by atoms with Crippen LogP contribution in [0.5, 0.6) is 0 Å². The number of rotatable bonds is 8. The highest BCUT2D eigenvalue weighted by Crippen LogP contribution is 2.18. The summed E-state index contributed by atoms with van der Waals surface area (Å²) in [4.78, 5) is 37.5. The molecule has 2 aromatic carbocycles. The van der Waals surface area contributed by atoms with E-state index in [2.05, 4.69) is 10.1 Å². The molecule has 4 rings (SSSR count). The van der Waals surface area contributed by atoms with Gasteiger partial charge in [-0.25, -0.2) is 14.2 Å². The third-order valence-corrected chi connectivity index (χ3v) is 5.29. The zero-order valence-corrected chi connectivity index (χ0v) is 18.8. The molecule has 3 aromatic rings. The van der Waals surface area contributed by atoms with Gasteiger partial charge in [-0.3, -0.25) is 4.79 Å². The molecule has 0 unspecified atom stereocenters. The number of carbonyl (C=O) groups is 2. The first-order valence-electron chi connectivity index (χ1n) is 11.0. The average molecular weight is 468 g/mol. The summed E-state index contributed by atoms with van der Waals surface area (Å²) in [6, 6.07) is 13.0. The molecule has 0 spiro atoms. The molecule has 2 heterocycles. The first-order chi connectivity index (χ1) is 16.6. The maximum atomic E-state index is 13.2. The number of para-hydroxylation sites is 2. The quantitative estimate of drug-likeness (QED) is 0.286. The summed E-state index contributed by atoms with van der Waals surface area (Å²) >= 11 is 0. The number of carbonyl (C=O) groups excluding carboxylic acids is 2. The van der Waals surface area contributed by atoms with Crippen molar-refractivity contribution in [3.8, 4) is 0 Å². The Hall–Kier alpha value is -3.79. The number of nitrogens with zero attached hydrogens (tertiary/aromatic N) is 4. The van der Waals surface area contributed by atoms with E-state index >= 15 is 0 Å². The third kappa shape index (κ3) is 5.40. The summed E-state index contributed by atoms with van der Waals surface area (Å²) in [6.07, 6.45) is 0. The van der Waals surface area contributed by atoms with Gasteiger partial charge in [0.2, 0.25) is 11.6 Å². The Morgan fingerprint density at radius 1 is 1.12 bits per heavy atom. The van der Waals surface area contributed by atoms with Crippen LogP contribution in [0.1, 0.15) is 18.3 Å². The third-order valence-electron chi connectivity index (χ3n) is 5.29. The van der Waals surface area contributed by atoms with Crippen LogP contribution in [0.2, 0.25) is 0 Å². The summed E-state index contributed by atoms with van der Waals surface area (Å²) in [5.74, 6) is -1.04. The van der Waals surface area contributed by atoms with Gasteiger partial charge in [-0.05, 0) is 36.8 Å². The van der Waals surface area contributed by atoms with Crippen LogP contribution in [0.4, 0.5) is 4.39 Å². The molecule has 0 saturated carbocycles. The van der Waals surface area contributed by atoms with Crippen molar-refractivity contribution in [2.24, 2.45) is 5.16 Å². The standard InChI is InChI=1S/C24H25FN4O5/c1-2-33-24(31)22(27-34-16-17-7-9-18(25)10-8-17)23-26-19-5-3-4-6-20(19)29(23)15-21(30)28-11-13-32-14-12-28/h3-10H,2,11-16H2,1H3/b27-22-. The number of amides is 1. The number of imidazole rings is 1. The molecule has 1 fully saturated rings. The molecule has 9 nitrogen and oxygen atoms in total. The predicted octanol–water partition coefficient (Wildman–Crippen LogP) is 2.52. The molecule has 1 aliphatic rings. The van der Waals surface area contributed by atoms with E-state index in [4.69, 9.17) is 14.3 Å². The first kappa shape index (κ1) is 23.4. The van der Waals surface area contributed by atoms with E-state index < -0.39 is 5.97 Å². The lowest BCUT2D eigenvalue weighted by Crippen LogP contribution is -2.42. The van der Waals surface area contributed by atoms with E-state index in [1.807, 2.05) is 18.2 Å². The SMILES string of the molecule is CCOC(=O)/C(=N\OCc1ccc(F)cc1)c1nc2ccccc2n1CC(=O)N1CCOCC1. The summed E-state index contributed by atoms with van der Waals surface area (Å²) in [6.45, 7) is 3.75. The van der Waals surface area contributed by atoms with Gasteiger partial charge in [-0.1, -0.05) is 29.4 Å². The molecule has 0 radical (unpaired) electrons. The van der Waals surface area contributed by atoms with Crippen molar-refractivity contribution in [3.05, 3.63) is 65.7 Å². The van der Waals surface area contributed by atoms with E-state index in [0.29, 0.717) is 42.9 Å². The number of esters is 1. The first-order valence-corrected chi connectivity index (χ1v) is 11.0. The fraction of sp³-hybridized carbons (Fsp3) is 0.333. The van der Waals surface area contributed by atoms with Crippen molar-refractivity contribution in [3.63, 3.8) is 0 Å². The molecule has 0 N–H and O–H groups in total. The number of hydrogen-bond acceptors (Lipinski definition) is 7. The molecule has 0 bridgehead atoms. The van der Waals surface area contributed by atoms with Crippen molar-refractivity contribution in [2.75, 3.05) is 32.9 Å². The van der Waals surface area contributed by atoms with Crippen LogP contribution in [-0.4, -0.2) is 64.9 Å². The maximum Gasteiger partial charge on any atom is 0.364 e. The fourth-order valence-corrected chi connectivity index (χ4v) is 3.59. The van der Waals surface area contributed by atoms with Crippen molar-refractivity contribution in [2.45, 2.75) is 20.1 Å². The Morgan fingerprint density at radius 2 is 1.85 bits per heavy atom. The number of halogens is 1. The van der Waals surface area contributed by atoms with Crippen LogP contribution in [-0.2, 0) is 37.1 Å². The maximum absolute atomic E-state index is 13.2. The van der Waals surface area contributed by atoms with Gasteiger partial charge in [-0.15, -0.1) is 0 Å².